The van der Waals surface area contributed by atoms with E-state index in [0.29, 0.717) is 25.7 Å². The van der Waals surface area contributed by atoms with E-state index in [1.807, 2.05) is 17.0 Å². The number of aliphatic imine (C=N–C) groups is 1. The Morgan fingerprint density at radius 2 is 1.86 bits per heavy atom. The van der Waals surface area contributed by atoms with Crippen LogP contribution in [0.25, 0.3) is 0 Å². The van der Waals surface area contributed by atoms with Gasteiger partial charge in [-0.05, 0) is 37.0 Å². The zero-order valence-electron chi connectivity index (χ0n) is 17.1. The monoisotopic (exact) mass is 386 g/mol. The molecule has 1 aromatic rings. The summed E-state index contributed by atoms with van der Waals surface area (Å²) >= 11 is 0. The quantitative estimate of drug-likeness (QED) is 0.327. The molecule has 2 aliphatic rings. The first kappa shape index (κ1) is 20.6. The first-order chi connectivity index (χ1) is 13.8. The Balaban J connectivity index is 1.36. The number of nitrogens with one attached hydrogen (secondary N) is 2. The molecule has 0 radical (unpaired) electrons. The molecule has 6 heteroatoms. The Bertz CT molecular complexity index is 636. The van der Waals surface area contributed by atoms with E-state index in [4.69, 9.17) is 4.74 Å². The minimum absolute atomic E-state index is 0.224. The molecule has 6 nitrogen and oxygen atoms in total. The molecule has 28 heavy (non-hydrogen) atoms. The Hall–Kier alpha value is -2.08. The maximum atomic E-state index is 11.8. The fourth-order valence-corrected chi connectivity index (χ4v) is 3.92. The van der Waals surface area contributed by atoms with Crippen molar-refractivity contribution in [3.8, 4) is 0 Å². The van der Waals surface area contributed by atoms with Crippen molar-refractivity contribution < 1.29 is 9.53 Å². The molecule has 1 aliphatic carbocycles. The molecule has 1 amide bonds. The van der Waals surface area contributed by atoms with Gasteiger partial charge in [0.2, 0.25) is 5.91 Å². The third-order valence-electron chi connectivity index (χ3n) is 5.56. The van der Waals surface area contributed by atoms with Crippen LogP contribution in [0.2, 0.25) is 0 Å². The summed E-state index contributed by atoms with van der Waals surface area (Å²) in [6.45, 7) is 2.99. The largest absolute Gasteiger partial charge is 0.376 e. The van der Waals surface area contributed by atoms with Crippen molar-refractivity contribution in [3.63, 3.8) is 0 Å². The van der Waals surface area contributed by atoms with Crippen molar-refractivity contribution in [2.45, 2.75) is 64.0 Å². The van der Waals surface area contributed by atoms with E-state index in [1.54, 1.807) is 7.05 Å². The highest BCUT2D eigenvalue weighted by molar-refractivity contribution is 5.95. The highest BCUT2D eigenvalue weighted by atomic mass is 16.5. The number of carbonyl (C=O) groups is 1. The van der Waals surface area contributed by atoms with Crippen LogP contribution in [-0.4, -0.2) is 44.7 Å². The molecule has 1 saturated carbocycles. The maximum absolute atomic E-state index is 11.8. The van der Waals surface area contributed by atoms with E-state index >= 15 is 0 Å². The van der Waals surface area contributed by atoms with Crippen LogP contribution in [0.4, 0.5) is 5.69 Å². The summed E-state index contributed by atoms with van der Waals surface area (Å²) in [7, 11) is 1.78. The number of nitrogens with zero attached hydrogens (tertiary/aromatic N) is 2. The molecule has 1 aromatic carbocycles. The van der Waals surface area contributed by atoms with Gasteiger partial charge in [-0.2, -0.15) is 0 Å². The molecular formula is C22H34N4O2. The summed E-state index contributed by atoms with van der Waals surface area (Å²) in [5, 5.41) is 6.65. The van der Waals surface area contributed by atoms with Gasteiger partial charge in [-0.25, -0.2) is 0 Å². The number of hydrogen-bond donors (Lipinski definition) is 2. The second-order valence-electron chi connectivity index (χ2n) is 7.65. The van der Waals surface area contributed by atoms with Crippen LogP contribution in [0.3, 0.4) is 0 Å². The average Bonchev–Trinajstić information content (AvgIpc) is 2.98. The van der Waals surface area contributed by atoms with Gasteiger partial charge in [0, 0.05) is 38.8 Å². The minimum atomic E-state index is 0.224. The molecule has 0 aromatic heterocycles. The number of amides is 1. The van der Waals surface area contributed by atoms with Gasteiger partial charge in [-0.1, -0.05) is 37.8 Å². The highest BCUT2D eigenvalue weighted by Gasteiger charge is 2.21. The topological polar surface area (TPSA) is 66.0 Å². The van der Waals surface area contributed by atoms with Gasteiger partial charge in [-0.15, -0.1) is 0 Å². The van der Waals surface area contributed by atoms with Crippen molar-refractivity contribution in [2.75, 3.05) is 31.6 Å². The summed E-state index contributed by atoms with van der Waals surface area (Å²) in [4.78, 5) is 18.0. The second-order valence-corrected chi connectivity index (χ2v) is 7.65. The average molecular weight is 387 g/mol. The van der Waals surface area contributed by atoms with Gasteiger partial charge in [-0.3, -0.25) is 9.79 Å². The van der Waals surface area contributed by atoms with Crippen LogP contribution in [0.1, 0.15) is 56.9 Å². The fraction of sp³-hybridized carbons (Fsp3) is 0.636. The lowest BCUT2D eigenvalue weighted by molar-refractivity contribution is -0.117. The molecule has 0 atom stereocenters. The lowest BCUT2D eigenvalue weighted by Gasteiger charge is -2.17. The zero-order valence-corrected chi connectivity index (χ0v) is 17.1. The van der Waals surface area contributed by atoms with Crippen molar-refractivity contribution >= 4 is 17.6 Å². The maximum Gasteiger partial charge on any atom is 0.227 e. The van der Waals surface area contributed by atoms with Crippen LogP contribution in [-0.2, 0) is 16.1 Å². The van der Waals surface area contributed by atoms with Gasteiger partial charge in [0.1, 0.15) is 0 Å². The number of guanidine groups is 1. The van der Waals surface area contributed by atoms with E-state index in [9.17, 15) is 4.79 Å². The normalized spacial score (nSPS) is 19.0. The molecular weight excluding hydrogens is 352 g/mol. The summed E-state index contributed by atoms with van der Waals surface area (Å²) in [6, 6.07) is 8.18. The minimum Gasteiger partial charge on any atom is -0.376 e. The summed E-state index contributed by atoms with van der Waals surface area (Å²) in [5.74, 6) is 1.00. The smallest absolute Gasteiger partial charge is 0.227 e. The van der Waals surface area contributed by atoms with Gasteiger partial charge in [0.15, 0.2) is 5.96 Å². The summed E-state index contributed by atoms with van der Waals surface area (Å²) in [5.41, 5.74) is 2.15. The molecule has 1 heterocycles. The fourth-order valence-electron chi connectivity index (χ4n) is 3.92. The first-order valence-electron chi connectivity index (χ1n) is 10.7. The zero-order chi connectivity index (χ0) is 19.6. The number of rotatable bonds is 7. The predicted molar refractivity (Wildman–Crippen MR) is 114 cm³/mol. The molecule has 2 N–H and O–H groups in total. The van der Waals surface area contributed by atoms with Crippen molar-refractivity contribution in [2.24, 2.45) is 4.99 Å². The highest BCUT2D eigenvalue weighted by Crippen LogP contribution is 2.21. The van der Waals surface area contributed by atoms with E-state index < -0.39 is 0 Å². The molecule has 1 aliphatic heterocycles. The van der Waals surface area contributed by atoms with E-state index in [1.165, 1.54) is 38.5 Å². The van der Waals surface area contributed by atoms with Crippen LogP contribution in [0.5, 0.6) is 0 Å². The molecule has 0 unspecified atom stereocenters. The van der Waals surface area contributed by atoms with Gasteiger partial charge < -0.3 is 20.3 Å². The van der Waals surface area contributed by atoms with Crippen LogP contribution in [0.15, 0.2) is 29.3 Å². The van der Waals surface area contributed by atoms with Crippen molar-refractivity contribution in [1.29, 1.82) is 0 Å². The Kier molecular flexibility index (Phi) is 8.15. The van der Waals surface area contributed by atoms with Crippen LogP contribution in [0, 0.1) is 0 Å². The van der Waals surface area contributed by atoms with Crippen LogP contribution >= 0.6 is 0 Å². The molecule has 0 spiro atoms. The first-order valence-corrected chi connectivity index (χ1v) is 10.7. The number of carbonyl (C=O) groups excluding carboxylic acids is 1. The molecule has 154 valence electrons. The number of hydrogen-bond acceptors (Lipinski definition) is 3. The van der Waals surface area contributed by atoms with E-state index in [0.717, 1.165) is 36.7 Å². The standard InChI is InChI=1S/C22H34N4O2/c1-23-22(24-14-16-28-20-7-4-2-3-5-8-20)25-17-18-10-12-19(13-11-18)26-15-6-9-21(26)27/h10-13,20H,2-9,14-17H2,1H3,(H2,23,24,25). The third-order valence-corrected chi connectivity index (χ3v) is 5.56. The van der Waals surface area contributed by atoms with Gasteiger partial charge in [0.05, 0.1) is 12.7 Å². The van der Waals surface area contributed by atoms with Crippen molar-refractivity contribution in [1.82, 2.24) is 10.6 Å². The second kappa shape index (κ2) is 11.1. The lowest BCUT2D eigenvalue weighted by atomic mass is 10.1. The Labute approximate surface area is 168 Å². The summed E-state index contributed by atoms with van der Waals surface area (Å²) in [6.07, 6.45) is 9.74. The van der Waals surface area contributed by atoms with Gasteiger partial charge >= 0.3 is 0 Å². The molecule has 2 fully saturated rings. The van der Waals surface area contributed by atoms with E-state index in [2.05, 4.69) is 27.8 Å². The summed E-state index contributed by atoms with van der Waals surface area (Å²) < 4.78 is 6.01. The number of benzene rings is 1. The lowest BCUT2D eigenvalue weighted by Crippen LogP contribution is -2.38. The Morgan fingerprint density at radius 1 is 1.11 bits per heavy atom. The molecule has 0 bridgehead atoms. The Morgan fingerprint density at radius 3 is 2.50 bits per heavy atom. The third kappa shape index (κ3) is 6.23. The van der Waals surface area contributed by atoms with Crippen molar-refractivity contribution in [3.05, 3.63) is 29.8 Å². The molecule has 3 rings (SSSR count). The number of ether oxygens (including phenoxy) is 1. The SMILES string of the molecule is CN=C(NCCOC1CCCCCC1)NCc1ccc(N2CCCC2=O)cc1. The van der Waals surface area contributed by atoms with E-state index in [-0.39, 0.29) is 5.91 Å². The number of anilines is 1. The van der Waals surface area contributed by atoms with Gasteiger partial charge in [0.25, 0.3) is 0 Å². The molecule has 1 saturated heterocycles. The predicted octanol–water partition coefficient (Wildman–Crippen LogP) is 3.22. The van der Waals surface area contributed by atoms with Crippen LogP contribution < -0.4 is 15.5 Å².